The third-order valence-corrected chi connectivity index (χ3v) is 2.94. The minimum Gasteiger partial charge on any atom is -0.295 e. The minimum absolute atomic E-state index is 0.0608. The molecule has 1 aliphatic carbocycles. The van der Waals surface area contributed by atoms with Crippen molar-refractivity contribution in [1.82, 2.24) is 0 Å². The molecule has 0 heterocycles. The maximum Gasteiger partial charge on any atom is 0.229 e. The quantitative estimate of drug-likeness (QED) is 0.456. The van der Waals surface area contributed by atoms with E-state index in [0.717, 1.165) is 12.0 Å². The van der Waals surface area contributed by atoms with Crippen LogP contribution in [0.1, 0.15) is 24.8 Å². The fourth-order valence-electron chi connectivity index (χ4n) is 2.16. The maximum atomic E-state index is 11.7. The molecule has 1 fully saturated rings. The van der Waals surface area contributed by atoms with Gasteiger partial charge in [-0.3, -0.25) is 14.9 Å². The van der Waals surface area contributed by atoms with Gasteiger partial charge in [0.15, 0.2) is 5.78 Å². The van der Waals surface area contributed by atoms with Gasteiger partial charge in [-0.2, -0.15) is 0 Å². The summed E-state index contributed by atoms with van der Waals surface area (Å²) in [5.74, 6) is 0.0608. The van der Waals surface area contributed by atoms with E-state index in [2.05, 4.69) is 0 Å². The van der Waals surface area contributed by atoms with E-state index >= 15 is 0 Å². The molecule has 88 valence electrons. The molecule has 2 rings (SSSR count). The second-order valence-corrected chi connectivity index (χ2v) is 4.09. The smallest absolute Gasteiger partial charge is 0.229 e. The van der Waals surface area contributed by atoms with Crippen molar-refractivity contribution in [1.29, 1.82) is 0 Å². The van der Waals surface area contributed by atoms with E-state index in [4.69, 9.17) is 0 Å². The SMILES string of the molecule is O=C1CCC/C1=C(\C[N+](=O)[O-])c1ccccc1. The van der Waals surface area contributed by atoms with Gasteiger partial charge in [-0.15, -0.1) is 0 Å². The van der Waals surface area contributed by atoms with Gasteiger partial charge in [0.1, 0.15) is 0 Å². The van der Waals surface area contributed by atoms with E-state index in [-0.39, 0.29) is 17.3 Å². The zero-order valence-electron chi connectivity index (χ0n) is 9.39. The number of benzene rings is 1. The summed E-state index contributed by atoms with van der Waals surface area (Å²) in [6, 6.07) is 9.15. The molecule has 0 saturated heterocycles. The van der Waals surface area contributed by atoms with Gasteiger partial charge in [0.25, 0.3) is 0 Å². The van der Waals surface area contributed by atoms with Crippen molar-refractivity contribution in [3.05, 3.63) is 51.6 Å². The van der Waals surface area contributed by atoms with E-state index in [1.54, 1.807) is 0 Å². The number of ketones is 1. The summed E-state index contributed by atoms with van der Waals surface area (Å²) in [5.41, 5.74) is 2.01. The number of rotatable bonds is 3. The van der Waals surface area contributed by atoms with Crippen LogP contribution >= 0.6 is 0 Å². The first-order valence-corrected chi connectivity index (χ1v) is 5.61. The maximum absolute atomic E-state index is 11.7. The van der Waals surface area contributed by atoms with Gasteiger partial charge >= 0.3 is 0 Å². The van der Waals surface area contributed by atoms with Crippen LogP contribution < -0.4 is 0 Å². The van der Waals surface area contributed by atoms with Crippen LogP contribution in [0.5, 0.6) is 0 Å². The lowest BCUT2D eigenvalue weighted by Crippen LogP contribution is -2.08. The Hall–Kier alpha value is -1.97. The largest absolute Gasteiger partial charge is 0.295 e. The highest BCUT2D eigenvalue weighted by atomic mass is 16.6. The van der Waals surface area contributed by atoms with Crippen molar-refractivity contribution in [3.63, 3.8) is 0 Å². The van der Waals surface area contributed by atoms with Crippen molar-refractivity contribution in [2.75, 3.05) is 6.54 Å². The minimum atomic E-state index is -0.374. The summed E-state index contributed by atoms with van der Waals surface area (Å²) in [6.07, 6.45) is 1.99. The zero-order valence-corrected chi connectivity index (χ0v) is 9.39. The van der Waals surface area contributed by atoms with Gasteiger partial charge in [-0.25, -0.2) is 0 Å². The first kappa shape index (κ1) is 11.5. The fraction of sp³-hybridized carbons (Fsp3) is 0.308. The summed E-state index contributed by atoms with van der Waals surface area (Å²) in [5, 5.41) is 10.7. The molecular weight excluding hydrogens is 218 g/mol. The Bertz CT molecular complexity index is 477. The van der Waals surface area contributed by atoms with Crippen LogP contribution in [-0.4, -0.2) is 17.3 Å². The van der Waals surface area contributed by atoms with Crippen molar-refractivity contribution >= 4 is 11.4 Å². The highest BCUT2D eigenvalue weighted by Crippen LogP contribution is 2.29. The monoisotopic (exact) mass is 231 g/mol. The Morgan fingerprint density at radius 1 is 1.24 bits per heavy atom. The van der Waals surface area contributed by atoms with Crippen LogP contribution in [0.2, 0.25) is 0 Å². The van der Waals surface area contributed by atoms with Gasteiger partial charge in [0, 0.05) is 22.5 Å². The third kappa shape index (κ3) is 2.58. The second-order valence-electron chi connectivity index (χ2n) is 4.09. The van der Waals surface area contributed by atoms with Crippen LogP contribution in [-0.2, 0) is 4.79 Å². The normalized spacial score (nSPS) is 18.2. The number of carbonyl (C=O) groups is 1. The first-order chi connectivity index (χ1) is 8.18. The lowest BCUT2D eigenvalue weighted by molar-refractivity contribution is -0.465. The van der Waals surface area contributed by atoms with Crippen molar-refractivity contribution in [2.45, 2.75) is 19.3 Å². The van der Waals surface area contributed by atoms with Gasteiger partial charge < -0.3 is 0 Å². The predicted octanol–water partition coefficient (Wildman–Crippen LogP) is 2.47. The molecule has 0 bridgehead atoms. The molecule has 4 nitrogen and oxygen atoms in total. The summed E-state index contributed by atoms with van der Waals surface area (Å²) in [6.45, 7) is -0.273. The van der Waals surface area contributed by atoms with Crippen molar-refractivity contribution in [2.24, 2.45) is 0 Å². The Labute approximate surface area is 99.1 Å². The molecule has 1 aromatic carbocycles. The molecule has 0 spiro atoms. The second kappa shape index (κ2) is 4.91. The number of Topliss-reactive ketones (excluding diaryl/α,β-unsaturated/α-hetero) is 1. The Kier molecular flexibility index (Phi) is 3.32. The molecule has 0 N–H and O–H groups in total. The molecule has 0 amide bonds. The summed E-state index contributed by atoms with van der Waals surface area (Å²) in [7, 11) is 0. The van der Waals surface area contributed by atoms with Crippen LogP contribution in [0, 0.1) is 10.1 Å². The number of nitro groups is 1. The molecule has 1 aliphatic rings. The lowest BCUT2D eigenvalue weighted by Gasteiger charge is -2.06. The molecule has 0 radical (unpaired) electrons. The standard InChI is InChI=1S/C13H13NO3/c15-13-8-4-7-11(13)12(9-14(16)17)10-5-2-1-3-6-10/h1-3,5-6H,4,7-9H2/b12-11-. The number of carbonyl (C=O) groups excluding carboxylic acids is 1. The van der Waals surface area contributed by atoms with Gasteiger partial charge in [0.2, 0.25) is 6.54 Å². The van der Waals surface area contributed by atoms with Crippen LogP contribution in [0.15, 0.2) is 35.9 Å². The molecule has 0 aliphatic heterocycles. The van der Waals surface area contributed by atoms with E-state index in [1.807, 2.05) is 30.3 Å². The van der Waals surface area contributed by atoms with Crippen LogP contribution in [0.25, 0.3) is 5.57 Å². The van der Waals surface area contributed by atoms with Gasteiger partial charge in [-0.05, 0) is 18.4 Å². The topological polar surface area (TPSA) is 60.2 Å². The molecule has 1 aromatic rings. The molecular formula is C13H13NO3. The predicted molar refractivity (Wildman–Crippen MR) is 64.1 cm³/mol. The lowest BCUT2D eigenvalue weighted by atomic mass is 9.98. The van der Waals surface area contributed by atoms with E-state index in [9.17, 15) is 14.9 Å². The number of nitrogens with zero attached hydrogens (tertiary/aromatic N) is 1. The molecule has 0 atom stereocenters. The number of hydrogen-bond donors (Lipinski definition) is 0. The highest BCUT2D eigenvalue weighted by molar-refractivity contribution is 6.04. The zero-order chi connectivity index (χ0) is 12.3. The van der Waals surface area contributed by atoms with Gasteiger partial charge in [-0.1, -0.05) is 30.3 Å². The Morgan fingerprint density at radius 2 is 1.94 bits per heavy atom. The third-order valence-electron chi connectivity index (χ3n) is 2.94. The van der Waals surface area contributed by atoms with E-state index in [1.165, 1.54) is 0 Å². The summed E-state index contributed by atoms with van der Waals surface area (Å²) < 4.78 is 0. The number of allylic oxidation sites excluding steroid dienone is 1. The average molecular weight is 231 g/mol. The summed E-state index contributed by atoms with van der Waals surface area (Å²) >= 11 is 0. The molecule has 1 saturated carbocycles. The average Bonchev–Trinajstić information content (AvgIpc) is 2.73. The fourth-order valence-corrected chi connectivity index (χ4v) is 2.16. The van der Waals surface area contributed by atoms with Crippen LogP contribution in [0.3, 0.4) is 0 Å². The summed E-state index contributed by atoms with van der Waals surface area (Å²) in [4.78, 5) is 22.0. The van der Waals surface area contributed by atoms with Crippen molar-refractivity contribution < 1.29 is 9.72 Å². The van der Waals surface area contributed by atoms with Crippen molar-refractivity contribution in [3.8, 4) is 0 Å². The van der Waals surface area contributed by atoms with E-state index in [0.29, 0.717) is 24.0 Å². The van der Waals surface area contributed by atoms with Crippen LogP contribution in [0.4, 0.5) is 0 Å². The molecule has 17 heavy (non-hydrogen) atoms. The Morgan fingerprint density at radius 3 is 2.47 bits per heavy atom. The first-order valence-electron chi connectivity index (χ1n) is 5.61. The molecule has 4 heteroatoms. The van der Waals surface area contributed by atoms with E-state index < -0.39 is 0 Å². The number of hydrogen-bond acceptors (Lipinski definition) is 3. The van der Waals surface area contributed by atoms with Gasteiger partial charge in [0.05, 0.1) is 0 Å². The molecule has 0 unspecified atom stereocenters. The molecule has 0 aromatic heterocycles. The Balaban J connectivity index is 2.45. The highest BCUT2D eigenvalue weighted by Gasteiger charge is 2.24.